The maximum atomic E-state index is 12.5. The zero-order chi connectivity index (χ0) is 19.9. The Labute approximate surface area is 159 Å². The van der Waals surface area contributed by atoms with Crippen LogP contribution in [-0.4, -0.2) is 60.0 Å². The van der Waals surface area contributed by atoms with Crippen LogP contribution >= 0.6 is 0 Å². The minimum atomic E-state index is -0.533. The molecule has 0 atom stereocenters. The fourth-order valence-electron chi connectivity index (χ4n) is 2.82. The van der Waals surface area contributed by atoms with Crippen LogP contribution in [0.25, 0.3) is 0 Å². The molecule has 27 heavy (non-hydrogen) atoms. The number of nitriles is 1. The highest BCUT2D eigenvalue weighted by Gasteiger charge is 2.36. The van der Waals surface area contributed by atoms with Gasteiger partial charge in [0.25, 0.3) is 6.26 Å². The number of rotatable bonds is 14. The molecule has 0 aromatic rings. The number of hydrogen-bond donors (Lipinski definition) is 0. The summed E-state index contributed by atoms with van der Waals surface area (Å²) in [7, 11) is 0. The van der Waals surface area contributed by atoms with E-state index in [1.54, 1.807) is 6.26 Å². The van der Waals surface area contributed by atoms with Crippen LogP contribution in [0.2, 0.25) is 0 Å². The topological polar surface area (TPSA) is 120 Å². The summed E-state index contributed by atoms with van der Waals surface area (Å²) in [4.78, 5) is 52.2. The van der Waals surface area contributed by atoms with Crippen LogP contribution in [-0.2, 0) is 19.1 Å². The Morgan fingerprint density at radius 2 is 1.44 bits per heavy atom. The summed E-state index contributed by atoms with van der Waals surface area (Å²) in [5.74, 6) is -0.888. The molecule has 0 bridgehead atoms. The third-order valence-corrected chi connectivity index (χ3v) is 4.28. The lowest BCUT2D eigenvalue weighted by Crippen LogP contribution is -2.55. The van der Waals surface area contributed by atoms with E-state index in [9.17, 15) is 19.2 Å². The zero-order valence-electron chi connectivity index (χ0n) is 15.5. The first-order chi connectivity index (χ1) is 13.1. The van der Waals surface area contributed by atoms with E-state index in [4.69, 9.17) is 5.26 Å². The van der Waals surface area contributed by atoms with Crippen LogP contribution in [0, 0.1) is 11.5 Å². The van der Waals surface area contributed by atoms with Crippen LogP contribution < -0.4 is 0 Å². The number of unbranched alkanes of at least 4 members (excludes halogenated alkanes) is 6. The summed E-state index contributed by atoms with van der Waals surface area (Å²) in [6.45, 7) is 1.41. The van der Waals surface area contributed by atoms with Gasteiger partial charge in [-0.1, -0.05) is 19.3 Å². The molecule has 1 saturated heterocycles. The van der Waals surface area contributed by atoms with E-state index in [1.807, 2.05) is 0 Å². The van der Waals surface area contributed by atoms with Crippen molar-refractivity contribution in [3.05, 3.63) is 0 Å². The number of isocyanates is 1. The molecule has 0 spiro atoms. The zero-order valence-corrected chi connectivity index (χ0v) is 15.5. The van der Waals surface area contributed by atoms with Gasteiger partial charge in [-0.05, 0) is 32.1 Å². The minimum absolute atomic E-state index is 0.268. The van der Waals surface area contributed by atoms with E-state index in [0.717, 1.165) is 48.3 Å². The molecule has 9 heteroatoms. The molecule has 0 N–H and O–H groups in total. The van der Waals surface area contributed by atoms with Gasteiger partial charge < -0.3 is 4.74 Å². The molecule has 0 saturated carbocycles. The molecule has 0 radical (unpaired) electrons. The molecule has 1 rings (SSSR count). The fourth-order valence-corrected chi connectivity index (χ4v) is 2.82. The van der Waals surface area contributed by atoms with Crippen molar-refractivity contribution < 1.29 is 23.9 Å². The lowest BCUT2D eigenvalue weighted by Gasteiger charge is -2.32. The maximum absolute atomic E-state index is 12.5. The largest absolute Gasteiger partial charge is 0.428 e. The first-order valence-corrected chi connectivity index (χ1v) is 9.31. The van der Waals surface area contributed by atoms with Gasteiger partial charge in [-0.15, -0.1) is 0 Å². The van der Waals surface area contributed by atoms with Crippen LogP contribution in [0.1, 0.15) is 57.8 Å². The SMILES string of the molecule is N#COCCCCCCN1C(=O)CC(=O)N(CCCCCCN=C=O)C1=O. The third kappa shape index (κ3) is 8.47. The van der Waals surface area contributed by atoms with Gasteiger partial charge in [-0.3, -0.25) is 19.4 Å². The molecule has 1 aliphatic heterocycles. The molecule has 0 unspecified atom stereocenters. The summed E-state index contributed by atoms with van der Waals surface area (Å²) < 4.78 is 4.58. The second-order valence-electron chi connectivity index (χ2n) is 6.29. The average Bonchev–Trinajstić information content (AvgIpc) is 2.64. The van der Waals surface area contributed by atoms with Crippen molar-refractivity contribution >= 4 is 23.9 Å². The number of carbonyl (C=O) groups is 3. The summed E-state index contributed by atoms with van der Waals surface area (Å²) in [6.07, 6.45) is 8.96. The summed E-state index contributed by atoms with van der Waals surface area (Å²) >= 11 is 0. The van der Waals surface area contributed by atoms with Crippen molar-refractivity contribution in [1.29, 1.82) is 5.26 Å². The van der Waals surface area contributed by atoms with Gasteiger partial charge in [0.2, 0.25) is 17.9 Å². The molecule has 1 fully saturated rings. The van der Waals surface area contributed by atoms with E-state index in [1.165, 1.54) is 6.08 Å². The molecule has 9 nitrogen and oxygen atoms in total. The first kappa shape index (κ1) is 22.3. The van der Waals surface area contributed by atoms with E-state index in [-0.39, 0.29) is 6.42 Å². The lowest BCUT2D eigenvalue weighted by atomic mass is 10.1. The Balaban J connectivity index is 2.32. The Morgan fingerprint density at radius 3 is 2.00 bits per heavy atom. The quantitative estimate of drug-likeness (QED) is 0.150. The molecule has 0 aliphatic carbocycles. The summed E-state index contributed by atoms with van der Waals surface area (Å²) in [6, 6.07) is -0.533. The van der Waals surface area contributed by atoms with Gasteiger partial charge in [-0.2, -0.15) is 5.26 Å². The van der Waals surface area contributed by atoms with Gasteiger partial charge >= 0.3 is 6.03 Å². The summed E-state index contributed by atoms with van der Waals surface area (Å²) in [5, 5.41) is 8.27. The van der Waals surface area contributed by atoms with Crippen molar-refractivity contribution in [1.82, 2.24) is 9.80 Å². The van der Waals surface area contributed by atoms with Gasteiger partial charge in [0.05, 0.1) is 6.54 Å². The van der Waals surface area contributed by atoms with E-state index < -0.39 is 17.8 Å². The van der Waals surface area contributed by atoms with Crippen LogP contribution in [0.3, 0.4) is 0 Å². The molecule has 0 aromatic heterocycles. The number of hydrogen-bond acceptors (Lipinski definition) is 7. The number of amides is 4. The van der Waals surface area contributed by atoms with Crippen molar-refractivity contribution in [3.8, 4) is 6.26 Å². The fraction of sp³-hybridized carbons (Fsp3) is 0.722. The second kappa shape index (κ2) is 13.5. The monoisotopic (exact) mass is 378 g/mol. The molecular formula is C18H26N4O5. The van der Waals surface area contributed by atoms with E-state index in [0.29, 0.717) is 39.1 Å². The van der Waals surface area contributed by atoms with Gasteiger partial charge in [0.1, 0.15) is 13.0 Å². The van der Waals surface area contributed by atoms with Crippen molar-refractivity contribution in [2.75, 3.05) is 26.2 Å². The first-order valence-electron chi connectivity index (χ1n) is 9.31. The number of nitrogens with zero attached hydrogens (tertiary/aromatic N) is 4. The normalized spacial score (nSPS) is 14.1. The second-order valence-corrected chi connectivity index (χ2v) is 6.29. The van der Waals surface area contributed by atoms with Crippen molar-refractivity contribution in [2.45, 2.75) is 57.8 Å². The van der Waals surface area contributed by atoms with Crippen molar-refractivity contribution in [3.63, 3.8) is 0 Å². The summed E-state index contributed by atoms with van der Waals surface area (Å²) in [5.41, 5.74) is 0. The number of aliphatic imine (C=N–C) groups is 1. The Bertz CT molecular complexity index is 595. The number of ether oxygens (including phenoxy) is 1. The highest BCUT2D eigenvalue weighted by Crippen LogP contribution is 2.15. The average molecular weight is 378 g/mol. The highest BCUT2D eigenvalue weighted by molar-refractivity contribution is 6.14. The molecule has 1 aliphatic rings. The number of imide groups is 2. The molecule has 4 amide bonds. The molecular weight excluding hydrogens is 352 g/mol. The Morgan fingerprint density at radius 1 is 0.889 bits per heavy atom. The molecule has 148 valence electrons. The standard InChI is InChI=1S/C18H26N4O5/c19-14-27-12-8-4-3-7-11-22-17(25)13-16(24)21(18(22)26)10-6-2-1-5-9-20-15-23/h1-13H2. The van der Waals surface area contributed by atoms with Crippen molar-refractivity contribution in [2.24, 2.45) is 4.99 Å². The van der Waals surface area contributed by atoms with Gasteiger partial charge in [0.15, 0.2) is 0 Å². The predicted octanol–water partition coefficient (Wildman–Crippen LogP) is 2.12. The van der Waals surface area contributed by atoms with E-state index >= 15 is 0 Å². The van der Waals surface area contributed by atoms with Crippen LogP contribution in [0.4, 0.5) is 4.79 Å². The van der Waals surface area contributed by atoms with Crippen LogP contribution in [0.5, 0.6) is 0 Å². The van der Waals surface area contributed by atoms with Gasteiger partial charge in [0, 0.05) is 13.1 Å². The third-order valence-electron chi connectivity index (χ3n) is 4.28. The number of urea groups is 1. The minimum Gasteiger partial charge on any atom is -0.428 e. The molecule has 1 heterocycles. The highest BCUT2D eigenvalue weighted by atomic mass is 16.5. The Kier molecular flexibility index (Phi) is 11.1. The predicted molar refractivity (Wildman–Crippen MR) is 94.9 cm³/mol. The number of carbonyl (C=O) groups excluding carboxylic acids is 4. The Hall–Kier alpha value is -2.72. The van der Waals surface area contributed by atoms with Crippen LogP contribution in [0.15, 0.2) is 4.99 Å². The van der Waals surface area contributed by atoms with E-state index in [2.05, 4.69) is 9.73 Å². The lowest BCUT2D eigenvalue weighted by molar-refractivity contribution is -0.142. The molecule has 0 aromatic carbocycles. The van der Waals surface area contributed by atoms with Gasteiger partial charge in [-0.25, -0.2) is 14.6 Å². The number of barbiturate groups is 1. The maximum Gasteiger partial charge on any atom is 0.333 e. The smallest absolute Gasteiger partial charge is 0.333 e.